The van der Waals surface area contributed by atoms with Crippen molar-refractivity contribution in [2.45, 2.75) is 38.3 Å². The average Bonchev–Trinajstić information content (AvgIpc) is 2.77. The van der Waals surface area contributed by atoms with Crippen LogP contribution in [0.25, 0.3) is 0 Å². The Morgan fingerprint density at radius 2 is 1.94 bits per heavy atom. The minimum atomic E-state index is -0.732. The van der Waals surface area contributed by atoms with Gasteiger partial charge >= 0.3 is 12.1 Å². The highest BCUT2D eigenvalue weighted by molar-refractivity contribution is 5.91. The lowest BCUT2D eigenvalue weighted by Crippen LogP contribution is -2.56. The molecule has 18 heavy (non-hydrogen) atoms. The predicted octanol–water partition coefficient (Wildman–Crippen LogP) is 1.23. The summed E-state index contributed by atoms with van der Waals surface area (Å²) in [6.07, 6.45) is 0.499. The van der Waals surface area contributed by atoms with Crippen LogP contribution in [0.1, 0.15) is 27.2 Å². The van der Waals surface area contributed by atoms with Gasteiger partial charge in [0.05, 0.1) is 11.0 Å². The molecule has 2 bridgehead atoms. The van der Waals surface area contributed by atoms with E-state index >= 15 is 0 Å². The second kappa shape index (κ2) is 2.40. The molecule has 2 N–H and O–H groups in total. The molecule has 0 radical (unpaired) electrons. The van der Waals surface area contributed by atoms with E-state index in [2.05, 4.69) is 5.32 Å². The summed E-state index contributed by atoms with van der Waals surface area (Å²) in [5.41, 5.74) is -1.65. The first-order valence-corrected chi connectivity index (χ1v) is 6.51. The maximum atomic E-state index is 11.9. The van der Waals surface area contributed by atoms with Crippen LogP contribution in [-0.4, -0.2) is 28.3 Å². The summed E-state index contributed by atoms with van der Waals surface area (Å²) in [7, 11) is 0. The second-order valence-electron chi connectivity index (χ2n) is 7.17. The summed E-state index contributed by atoms with van der Waals surface area (Å²) >= 11 is 0. The van der Waals surface area contributed by atoms with Crippen molar-refractivity contribution >= 4 is 12.1 Å². The number of nitrogens with one attached hydrogen (secondary N) is 1. The van der Waals surface area contributed by atoms with Crippen molar-refractivity contribution in [1.82, 2.24) is 5.32 Å². The Morgan fingerprint density at radius 3 is 2.39 bits per heavy atom. The van der Waals surface area contributed by atoms with Gasteiger partial charge in [-0.2, -0.15) is 0 Å². The van der Waals surface area contributed by atoms with Gasteiger partial charge in [-0.25, -0.2) is 4.79 Å². The van der Waals surface area contributed by atoms with Gasteiger partial charge in [0.15, 0.2) is 0 Å². The maximum absolute atomic E-state index is 11.9. The van der Waals surface area contributed by atoms with E-state index in [4.69, 9.17) is 4.74 Å². The molecule has 5 rings (SSSR count). The number of aliphatic carboxylic acids is 1. The van der Waals surface area contributed by atoms with Gasteiger partial charge in [0, 0.05) is 0 Å². The number of hydrogen-bond acceptors (Lipinski definition) is 3. The normalized spacial score (nSPS) is 53.1. The topological polar surface area (TPSA) is 75.6 Å². The molecule has 1 amide bonds. The van der Waals surface area contributed by atoms with E-state index in [0.29, 0.717) is 23.7 Å². The number of carbonyl (C=O) groups is 2. The van der Waals surface area contributed by atoms with Crippen LogP contribution in [0.3, 0.4) is 0 Å². The van der Waals surface area contributed by atoms with Crippen LogP contribution in [0, 0.1) is 29.1 Å². The standard InChI is InChI=1S/C13H17NO4/c1-11(2,3)18-10(17)14-13-6-4-5-7(8(6)13)12(5,13)9(15)16/h5-8H,4H2,1-3H3,(H,14,17)(H,15,16)/t5-,6-,7+,8-,12+,13+/m0/s1. The molecule has 6 atom stereocenters. The van der Waals surface area contributed by atoms with Gasteiger partial charge in [-0.15, -0.1) is 0 Å². The van der Waals surface area contributed by atoms with Crippen molar-refractivity contribution in [3.63, 3.8) is 0 Å². The van der Waals surface area contributed by atoms with Gasteiger partial charge in [0.25, 0.3) is 0 Å². The van der Waals surface area contributed by atoms with Gasteiger partial charge < -0.3 is 15.2 Å². The van der Waals surface area contributed by atoms with Gasteiger partial charge in [-0.1, -0.05) is 0 Å². The first-order valence-electron chi connectivity index (χ1n) is 6.51. The molecule has 0 aliphatic heterocycles. The molecular weight excluding hydrogens is 234 g/mol. The predicted molar refractivity (Wildman–Crippen MR) is 60.7 cm³/mol. The zero-order valence-electron chi connectivity index (χ0n) is 10.7. The lowest BCUT2D eigenvalue weighted by Gasteiger charge is -2.34. The minimum Gasteiger partial charge on any atom is -0.481 e. The van der Waals surface area contributed by atoms with Crippen LogP contribution in [0.4, 0.5) is 4.79 Å². The largest absolute Gasteiger partial charge is 0.481 e. The Hall–Kier alpha value is -1.26. The Bertz CT molecular complexity index is 484. The van der Waals surface area contributed by atoms with E-state index in [9.17, 15) is 14.7 Å². The Labute approximate surface area is 105 Å². The number of ether oxygens (including phenoxy) is 1. The number of hydrogen-bond donors (Lipinski definition) is 2. The molecule has 5 fully saturated rings. The van der Waals surface area contributed by atoms with E-state index in [0.717, 1.165) is 6.42 Å². The molecule has 0 saturated heterocycles. The molecule has 0 spiro atoms. The molecule has 0 aromatic rings. The van der Waals surface area contributed by atoms with Crippen LogP contribution in [-0.2, 0) is 9.53 Å². The summed E-state index contributed by atoms with van der Waals surface area (Å²) in [5.74, 6) is 0.696. The molecular formula is C13H17NO4. The molecule has 5 aliphatic carbocycles. The lowest BCUT2D eigenvalue weighted by atomic mass is 9.78. The van der Waals surface area contributed by atoms with E-state index < -0.39 is 28.6 Å². The number of alkyl carbamates (subject to hydrolysis) is 1. The Morgan fingerprint density at radius 1 is 1.28 bits per heavy atom. The van der Waals surface area contributed by atoms with E-state index in [1.165, 1.54) is 0 Å². The average molecular weight is 251 g/mol. The van der Waals surface area contributed by atoms with Crippen LogP contribution in [0.5, 0.6) is 0 Å². The fourth-order valence-corrected chi connectivity index (χ4v) is 5.28. The highest BCUT2D eigenvalue weighted by atomic mass is 16.6. The monoisotopic (exact) mass is 251 g/mol. The van der Waals surface area contributed by atoms with E-state index in [-0.39, 0.29) is 0 Å². The van der Waals surface area contributed by atoms with Crippen molar-refractivity contribution in [2.24, 2.45) is 29.1 Å². The van der Waals surface area contributed by atoms with Gasteiger partial charge in [0.2, 0.25) is 0 Å². The Kier molecular flexibility index (Phi) is 1.42. The first kappa shape index (κ1) is 10.6. The number of carboxylic acid groups (broad SMARTS) is 1. The molecule has 98 valence electrons. The zero-order valence-corrected chi connectivity index (χ0v) is 10.7. The highest BCUT2D eigenvalue weighted by Gasteiger charge is 3.07. The van der Waals surface area contributed by atoms with E-state index in [1.807, 2.05) is 20.8 Å². The molecule has 0 unspecified atom stereocenters. The number of rotatable bonds is 2. The summed E-state index contributed by atoms with van der Waals surface area (Å²) in [5, 5.41) is 12.3. The van der Waals surface area contributed by atoms with Gasteiger partial charge in [-0.05, 0) is 50.9 Å². The smallest absolute Gasteiger partial charge is 0.408 e. The van der Waals surface area contributed by atoms with Crippen molar-refractivity contribution in [1.29, 1.82) is 0 Å². The Balaban J connectivity index is 1.55. The quantitative estimate of drug-likeness (QED) is 0.774. The lowest BCUT2D eigenvalue weighted by molar-refractivity contribution is -0.148. The fraction of sp³-hybridized carbons (Fsp3) is 0.846. The molecule has 0 aromatic heterocycles. The third-order valence-electron chi connectivity index (χ3n) is 5.51. The first-order chi connectivity index (χ1) is 8.27. The van der Waals surface area contributed by atoms with Crippen LogP contribution in [0.15, 0.2) is 0 Å². The molecule has 0 aromatic carbocycles. The second-order valence-corrected chi connectivity index (χ2v) is 7.17. The molecule has 5 heteroatoms. The third kappa shape index (κ3) is 0.780. The minimum absolute atomic E-state index is 0.305. The fourth-order valence-electron chi connectivity index (χ4n) is 5.28. The number of amides is 1. The molecule has 5 saturated carbocycles. The van der Waals surface area contributed by atoms with Crippen LogP contribution in [0.2, 0.25) is 0 Å². The maximum Gasteiger partial charge on any atom is 0.408 e. The zero-order chi connectivity index (χ0) is 13.1. The number of carbonyl (C=O) groups excluding carboxylic acids is 1. The highest BCUT2D eigenvalue weighted by Crippen LogP contribution is 3.00. The van der Waals surface area contributed by atoms with Crippen molar-refractivity contribution in [2.75, 3.05) is 0 Å². The molecule has 5 nitrogen and oxygen atoms in total. The van der Waals surface area contributed by atoms with Crippen molar-refractivity contribution in [3.05, 3.63) is 0 Å². The number of carboxylic acids is 1. The van der Waals surface area contributed by atoms with Crippen molar-refractivity contribution in [3.8, 4) is 0 Å². The van der Waals surface area contributed by atoms with Crippen LogP contribution < -0.4 is 5.32 Å². The SMILES string of the molecule is CC(C)(C)OC(=O)N[C@@]12[C@@H]3[C@H]4[C@H](C[C@@H]31)[C@]42C(=O)O. The van der Waals surface area contributed by atoms with Gasteiger partial charge in [-0.3, -0.25) is 4.79 Å². The summed E-state index contributed by atoms with van der Waals surface area (Å²) < 4.78 is 5.25. The van der Waals surface area contributed by atoms with Crippen molar-refractivity contribution < 1.29 is 19.4 Å². The van der Waals surface area contributed by atoms with E-state index in [1.54, 1.807) is 0 Å². The summed E-state index contributed by atoms with van der Waals surface area (Å²) in [6.45, 7) is 5.42. The third-order valence-corrected chi connectivity index (χ3v) is 5.51. The molecule has 0 heterocycles. The van der Waals surface area contributed by atoms with Gasteiger partial charge in [0.1, 0.15) is 5.60 Å². The van der Waals surface area contributed by atoms with Crippen LogP contribution >= 0.6 is 0 Å². The molecule has 5 aliphatic rings. The summed E-state index contributed by atoms with van der Waals surface area (Å²) in [6, 6.07) is 0. The summed E-state index contributed by atoms with van der Waals surface area (Å²) in [4.78, 5) is 23.4.